The minimum atomic E-state index is -0.574. The molecule has 2 nitrogen and oxygen atoms in total. The molecule has 0 saturated carbocycles. The lowest BCUT2D eigenvalue weighted by molar-refractivity contribution is 0.598. The summed E-state index contributed by atoms with van der Waals surface area (Å²) in [6.45, 7) is 1.83. The van der Waals surface area contributed by atoms with Gasteiger partial charge in [0.25, 0.3) is 0 Å². The Balaban J connectivity index is 2.50. The Labute approximate surface area is 129 Å². The highest BCUT2D eigenvalue weighted by molar-refractivity contribution is 9.10. The van der Waals surface area contributed by atoms with Gasteiger partial charge >= 0.3 is 0 Å². The van der Waals surface area contributed by atoms with Gasteiger partial charge < -0.3 is 11.1 Å². The van der Waals surface area contributed by atoms with E-state index in [0.29, 0.717) is 11.3 Å². The van der Waals surface area contributed by atoms with Crippen molar-refractivity contribution in [3.8, 4) is 0 Å². The van der Waals surface area contributed by atoms with Crippen LogP contribution in [0.25, 0.3) is 0 Å². The summed E-state index contributed by atoms with van der Waals surface area (Å²) >= 11 is 7.90. The number of hydrogen-bond acceptors (Lipinski definition) is 2. The summed E-state index contributed by atoms with van der Waals surface area (Å²) in [6.07, 6.45) is 0. The minimum absolute atomic E-state index is 0.0255. The third-order valence-corrected chi connectivity index (χ3v) is 3.64. The second-order valence-corrected chi connectivity index (χ2v) is 5.53. The zero-order valence-electron chi connectivity index (χ0n) is 10.5. The number of aryl methyl sites for hydroxylation is 1. The van der Waals surface area contributed by atoms with Crippen molar-refractivity contribution in [3.63, 3.8) is 0 Å². The monoisotopic (exact) mass is 356 g/mol. The van der Waals surface area contributed by atoms with Crippen molar-refractivity contribution < 1.29 is 8.78 Å². The summed E-state index contributed by atoms with van der Waals surface area (Å²) in [5, 5.41) is 2.86. The third kappa shape index (κ3) is 2.96. The van der Waals surface area contributed by atoms with Gasteiger partial charge in [0.05, 0.1) is 15.8 Å². The highest BCUT2D eigenvalue weighted by Crippen LogP contribution is 2.29. The first-order valence-electron chi connectivity index (χ1n) is 5.71. The first-order valence-corrected chi connectivity index (χ1v) is 6.91. The average Bonchev–Trinajstić information content (AvgIpc) is 2.37. The summed E-state index contributed by atoms with van der Waals surface area (Å²) in [4.78, 5) is 0.189. The molecule has 0 heterocycles. The fourth-order valence-electron chi connectivity index (χ4n) is 1.79. The van der Waals surface area contributed by atoms with Crippen molar-refractivity contribution in [1.82, 2.24) is 0 Å². The number of anilines is 2. The Morgan fingerprint density at radius 3 is 2.60 bits per heavy atom. The SMILES string of the molecule is Cc1cccc(C(N)=S)c1Nc1cc(F)c(Br)cc1F. The number of para-hydroxylation sites is 1. The van der Waals surface area contributed by atoms with Crippen molar-refractivity contribution in [2.24, 2.45) is 5.73 Å². The van der Waals surface area contributed by atoms with Crippen molar-refractivity contribution >= 4 is 44.5 Å². The van der Waals surface area contributed by atoms with Crippen LogP contribution in [0.1, 0.15) is 11.1 Å². The topological polar surface area (TPSA) is 38.0 Å². The number of thiocarbonyl (C=S) groups is 1. The summed E-state index contributed by atoms with van der Waals surface area (Å²) in [7, 11) is 0. The van der Waals surface area contributed by atoms with Gasteiger partial charge in [-0.1, -0.05) is 24.4 Å². The van der Waals surface area contributed by atoms with Gasteiger partial charge in [-0.05, 0) is 40.5 Å². The van der Waals surface area contributed by atoms with Crippen LogP contribution in [0.4, 0.5) is 20.2 Å². The van der Waals surface area contributed by atoms with Gasteiger partial charge in [-0.2, -0.15) is 0 Å². The minimum Gasteiger partial charge on any atom is -0.389 e. The fraction of sp³-hybridized carbons (Fsp3) is 0.0714. The van der Waals surface area contributed by atoms with Crippen LogP contribution in [0.2, 0.25) is 0 Å². The molecule has 3 N–H and O–H groups in total. The standard InChI is InChI=1S/C14H11BrF2N2S/c1-7-3-2-4-8(14(18)20)13(7)19-12-6-10(16)9(15)5-11(12)17/h2-6,19H,1H3,(H2,18,20). The zero-order chi connectivity index (χ0) is 14.9. The van der Waals surface area contributed by atoms with Gasteiger partial charge in [-0.15, -0.1) is 0 Å². The maximum atomic E-state index is 13.9. The van der Waals surface area contributed by atoms with Crippen LogP contribution in [0, 0.1) is 18.6 Å². The van der Waals surface area contributed by atoms with Crippen molar-refractivity contribution in [2.75, 3.05) is 5.32 Å². The largest absolute Gasteiger partial charge is 0.389 e. The Bertz CT molecular complexity index is 689. The van der Waals surface area contributed by atoms with Crippen molar-refractivity contribution in [3.05, 3.63) is 57.6 Å². The first-order chi connectivity index (χ1) is 9.40. The highest BCUT2D eigenvalue weighted by atomic mass is 79.9. The van der Waals surface area contributed by atoms with E-state index in [-0.39, 0.29) is 15.1 Å². The lowest BCUT2D eigenvalue weighted by Crippen LogP contribution is -2.13. The third-order valence-electron chi connectivity index (χ3n) is 2.81. The van der Waals surface area contributed by atoms with Gasteiger partial charge in [0.2, 0.25) is 0 Å². The molecule has 104 valence electrons. The number of rotatable bonds is 3. The second-order valence-electron chi connectivity index (χ2n) is 4.23. The van der Waals surface area contributed by atoms with E-state index < -0.39 is 11.6 Å². The predicted molar refractivity (Wildman–Crippen MR) is 84.4 cm³/mol. The molecule has 0 bridgehead atoms. The number of nitrogens with two attached hydrogens (primary N) is 1. The molecule has 0 spiro atoms. The summed E-state index contributed by atoms with van der Waals surface area (Å²) in [5.74, 6) is -1.13. The molecule has 0 saturated heterocycles. The fourth-order valence-corrected chi connectivity index (χ4v) is 2.28. The Morgan fingerprint density at radius 2 is 1.95 bits per heavy atom. The molecule has 0 fully saturated rings. The molecular weight excluding hydrogens is 346 g/mol. The summed E-state index contributed by atoms with van der Waals surface area (Å²) < 4.78 is 27.4. The van der Waals surface area contributed by atoms with E-state index in [9.17, 15) is 8.78 Å². The Kier molecular flexibility index (Phi) is 4.35. The van der Waals surface area contributed by atoms with E-state index in [2.05, 4.69) is 21.2 Å². The predicted octanol–water partition coefficient (Wildman–Crippen LogP) is 4.41. The number of nitrogens with one attached hydrogen (secondary N) is 1. The molecule has 20 heavy (non-hydrogen) atoms. The Hall–Kier alpha value is -1.53. The van der Waals surface area contributed by atoms with Crippen molar-refractivity contribution in [2.45, 2.75) is 6.92 Å². The molecule has 0 aromatic heterocycles. The molecule has 2 aromatic rings. The van der Waals surface area contributed by atoms with Gasteiger partial charge in [0.15, 0.2) is 0 Å². The van der Waals surface area contributed by atoms with Gasteiger partial charge in [-0.25, -0.2) is 8.78 Å². The van der Waals surface area contributed by atoms with E-state index in [1.807, 2.05) is 13.0 Å². The summed E-state index contributed by atoms with van der Waals surface area (Å²) in [5.41, 5.74) is 7.66. The summed E-state index contributed by atoms with van der Waals surface area (Å²) in [6, 6.07) is 7.50. The van der Waals surface area contributed by atoms with Gasteiger partial charge in [-0.3, -0.25) is 0 Å². The van der Waals surface area contributed by atoms with Crippen LogP contribution >= 0.6 is 28.1 Å². The number of hydrogen-bond donors (Lipinski definition) is 2. The van der Waals surface area contributed by atoms with Crippen LogP contribution in [0.5, 0.6) is 0 Å². The molecule has 0 aliphatic heterocycles. The van der Waals surface area contributed by atoms with E-state index in [0.717, 1.165) is 17.7 Å². The van der Waals surface area contributed by atoms with E-state index >= 15 is 0 Å². The normalized spacial score (nSPS) is 10.4. The molecule has 0 unspecified atom stereocenters. The highest BCUT2D eigenvalue weighted by Gasteiger charge is 2.13. The maximum Gasteiger partial charge on any atom is 0.147 e. The van der Waals surface area contributed by atoms with Crippen LogP contribution in [-0.4, -0.2) is 4.99 Å². The van der Waals surface area contributed by atoms with Crippen LogP contribution < -0.4 is 11.1 Å². The second kappa shape index (κ2) is 5.85. The maximum absolute atomic E-state index is 13.9. The lowest BCUT2D eigenvalue weighted by Gasteiger charge is -2.15. The van der Waals surface area contributed by atoms with Crippen LogP contribution in [-0.2, 0) is 0 Å². The smallest absolute Gasteiger partial charge is 0.147 e. The number of benzene rings is 2. The zero-order valence-corrected chi connectivity index (χ0v) is 12.9. The molecule has 2 aromatic carbocycles. The lowest BCUT2D eigenvalue weighted by atomic mass is 10.1. The molecule has 0 atom stereocenters. The molecule has 0 amide bonds. The van der Waals surface area contributed by atoms with Gasteiger partial charge in [0, 0.05) is 11.6 Å². The number of halogens is 3. The van der Waals surface area contributed by atoms with E-state index in [1.165, 1.54) is 0 Å². The molecule has 6 heteroatoms. The van der Waals surface area contributed by atoms with E-state index in [1.54, 1.807) is 12.1 Å². The van der Waals surface area contributed by atoms with Crippen LogP contribution in [0.3, 0.4) is 0 Å². The Morgan fingerprint density at radius 1 is 1.25 bits per heavy atom. The first kappa shape index (κ1) is 14.9. The van der Waals surface area contributed by atoms with Crippen molar-refractivity contribution in [1.29, 1.82) is 0 Å². The molecule has 0 aliphatic rings. The molecular formula is C14H11BrF2N2S. The molecule has 0 radical (unpaired) electrons. The molecule has 2 rings (SSSR count). The quantitative estimate of drug-likeness (QED) is 0.631. The average molecular weight is 357 g/mol. The van der Waals surface area contributed by atoms with E-state index in [4.69, 9.17) is 18.0 Å². The molecule has 0 aliphatic carbocycles. The van der Waals surface area contributed by atoms with Crippen LogP contribution in [0.15, 0.2) is 34.8 Å². The van der Waals surface area contributed by atoms with Gasteiger partial charge in [0.1, 0.15) is 16.6 Å².